The molecular weight excluding hydrogens is 617 g/mol. The van der Waals surface area contributed by atoms with Gasteiger partial charge in [-0.2, -0.15) is 0 Å². The Bertz CT molecular complexity index is 2600. The fraction of sp³-hybridized carbons (Fsp3) is 0. The van der Waals surface area contributed by atoms with Gasteiger partial charge in [0.25, 0.3) is 0 Å². The maximum absolute atomic E-state index is 6.41. The Kier molecular flexibility index (Phi) is 6.39. The van der Waals surface area contributed by atoms with Crippen LogP contribution in [0.1, 0.15) is 0 Å². The average molecular weight is 643 g/mol. The van der Waals surface area contributed by atoms with E-state index < -0.39 is 0 Å². The zero-order valence-electron chi connectivity index (χ0n) is 26.6. The van der Waals surface area contributed by atoms with Crippen LogP contribution in [-0.2, 0) is 0 Å². The fourth-order valence-corrected chi connectivity index (χ4v) is 7.12. The Hall–Kier alpha value is -6.92. The molecule has 0 radical (unpaired) electrons. The molecule has 0 aliphatic carbocycles. The summed E-state index contributed by atoms with van der Waals surface area (Å²) in [5.74, 6) is 1.89. The molecule has 2 aromatic heterocycles. The smallest absolute Gasteiger partial charge is 0.248 e. The minimum absolute atomic E-state index is 0.465. The molecule has 0 aliphatic rings. The van der Waals surface area contributed by atoms with Gasteiger partial charge in [-0.3, -0.25) is 0 Å². The van der Waals surface area contributed by atoms with E-state index in [1.165, 1.54) is 0 Å². The van der Waals surface area contributed by atoms with Gasteiger partial charge in [0.05, 0.1) is 0 Å². The van der Waals surface area contributed by atoms with Crippen LogP contribution < -0.4 is 0 Å². The van der Waals surface area contributed by atoms with E-state index in [1.807, 2.05) is 72.8 Å². The van der Waals surface area contributed by atoms with Crippen LogP contribution in [0.5, 0.6) is 0 Å². The Balaban J connectivity index is 1.30. The molecule has 0 fully saturated rings. The van der Waals surface area contributed by atoms with Crippen LogP contribution in [0.4, 0.5) is 0 Å². The largest absolute Gasteiger partial charge is 0.416 e. The number of aromatic nitrogens is 4. The summed E-state index contributed by atoms with van der Waals surface area (Å²) in [6, 6.07) is 53.8. The van der Waals surface area contributed by atoms with Gasteiger partial charge >= 0.3 is 0 Å². The van der Waals surface area contributed by atoms with E-state index in [1.54, 1.807) is 0 Å². The molecule has 6 nitrogen and oxygen atoms in total. The molecule has 50 heavy (non-hydrogen) atoms. The normalized spacial score (nSPS) is 11.6. The molecule has 234 valence electrons. The molecule has 0 aliphatic heterocycles. The minimum atomic E-state index is 0.465. The lowest BCUT2D eigenvalue weighted by Crippen LogP contribution is -1.94. The molecule has 0 unspecified atom stereocenters. The second-order valence-corrected chi connectivity index (χ2v) is 12.3. The molecule has 2 heterocycles. The number of rotatable bonds is 6. The van der Waals surface area contributed by atoms with Crippen molar-refractivity contribution in [2.24, 2.45) is 0 Å². The predicted octanol–water partition coefficient (Wildman–Crippen LogP) is 11.4. The molecule has 0 bridgehead atoms. The van der Waals surface area contributed by atoms with Crippen molar-refractivity contribution < 1.29 is 8.83 Å². The zero-order valence-corrected chi connectivity index (χ0v) is 26.6. The fourth-order valence-electron chi connectivity index (χ4n) is 7.12. The highest BCUT2D eigenvalue weighted by molar-refractivity contribution is 6.31. The Morgan fingerprint density at radius 1 is 0.280 bits per heavy atom. The van der Waals surface area contributed by atoms with Gasteiger partial charge in [0.15, 0.2) is 0 Å². The van der Waals surface area contributed by atoms with Crippen molar-refractivity contribution in [2.45, 2.75) is 0 Å². The third kappa shape index (κ3) is 4.50. The van der Waals surface area contributed by atoms with Gasteiger partial charge < -0.3 is 8.83 Å². The van der Waals surface area contributed by atoms with E-state index in [0.717, 1.165) is 76.8 Å². The summed E-state index contributed by atoms with van der Waals surface area (Å²) in [5.41, 5.74) is 7.85. The highest BCUT2D eigenvalue weighted by atomic mass is 16.4. The predicted molar refractivity (Wildman–Crippen MR) is 198 cm³/mol. The molecule has 0 spiro atoms. The summed E-state index contributed by atoms with van der Waals surface area (Å²) in [7, 11) is 0. The van der Waals surface area contributed by atoms with Gasteiger partial charge in [0.2, 0.25) is 23.6 Å². The molecule has 8 aromatic carbocycles. The maximum Gasteiger partial charge on any atom is 0.248 e. The number of benzene rings is 8. The SMILES string of the molecule is c1ccc(-c2nnc(-c3cc(-c4ccccc4)c4ccc5c(-c6nnc(-c7ccccc7)o6)cc(-c6ccccc6)c6ccc3c4c65)o2)cc1. The first-order chi connectivity index (χ1) is 24.8. The van der Waals surface area contributed by atoms with E-state index >= 15 is 0 Å². The van der Waals surface area contributed by atoms with Gasteiger partial charge in [-0.15, -0.1) is 20.4 Å². The molecule has 0 saturated heterocycles. The van der Waals surface area contributed by atoms with Crippen LogP contribution >= 0.6 is 0 Å². The second-order valence-electron chi connectivity index (χ2n) is 12.3. The van der Waals surface area contributed by atoms with Crippen LogP contribution in [0.25, 0.3) is 100 Å². The summed E-state index contributed by atoms with van der Waals surface area (Å²) in [6.45, 7) is 0. The van der Waals surface area contributed by atoms with Crippen molar-refractivity contribution in [3.8, 4) is 68.1 Å². The van der Waals surface area contributed by atoms with Crippen molar-refractivity contribution in [3.63, 3.8) is 0 Å². The zero-order chi connectivity index (χ0) is 33.0. The van der Waals surface area contributed by atoms with E-state index in [-0.39, 0.29) is 0 Å². The Morgan fingerprint density at radius 3 is 0.940 bits per heavy atom. The molecule has 0 atom stereocenters. The molecule has 6 heteroatoms. The molecule has 10 aromatic rings. The number of hydrogen-bond donors (Lipinski definition) is 0. The Labute approximate surface area is 286 Å². The summed E-state index contributed by atoms with van der Waals surface area (Å²) in [6.07, 6.45) is 0. The lowest BCUT2D eigenvalue weighted by Gasteiger charge is -2.19. The van der Waals surface area contributed by atoms with Crippen LogP contribution in [0.2, 0.25) is 0 Å². The van der Waals surface area contributed by atoms with E-state index in [0.29, 0.717) is 23.6 Å². The molecule has 0 saturated carbocycles. The monoisotopic (exact) mass is 642 g/mol. The van der Waals surface area contributed by atoms with Crippen molar-refractivity contribution in [1.29, 1.82) is 0 Å². The standard InChI is InChI=1S/C44H26N4O2/c1-5-13-27(14-6-1)35-25-37(43-47-45-41(49-43)29-17-9-3-10-18-29)33-24-22-32-36(28-15-7-2-8-16-28)26-38(34-23-21-31(35)39(33)40(32)34)44-48-46-42(50-44)30-19-11-4-12-20-30/h1-26H. The first-order valence-electron chi connectivity index (χ1n) is 16.5. The van der Waals surface area contributed by atoms with Crippen molar-refractivity contribution in [3.05, 3.63) is 158 Å². The van der Waals surface area contributed by atoms with E-state index in [9.17, 15) is 0 Å². The summed E-state index contributed by atoms with van der Waals surface area (Å²) >= 11 is 0. The molecular formula is C44H26N4O2. The first-order valence-corrected chi connectivity index (χ1v) is 16.5. The maximum atomic E-state index is 6.41. The summed E-state index contributed by atoms with van der Waals surface area (Å²) in [4.78, 5) is 0. The van der Waals surface area contributed by atoms with E-state index in [4.69, 9.17) is 8.83 Å². The highest BCUT2D eigenvalue weighted by Gasteiger charge is 2.24. The quantitative estimate of drug-likeness (QED) is 0.168. The van der Waals surface area contributed by atoms with E-state index in [2.05, 4.69) is 105 Å². The highest BCUT2D eigenvalue weighted by Crippen LogP contribution is 2.48. The number of hydrogen-bond acceptors (Lipinski definition) is 6. The summed E-state index contributed by atoms with van der Waals surface area (Å²) in [5, 5.41) is 24.6. The minimum Gasteiger partial charge on any atom is -0.416 e. The molecule has 10 rings (SSSR count). The Morgan fingerprint density at radius 2 is 0.580 bits per heavy atom. The van der Waals surface area contributed by atoms with Gasteiger partial charge in [0, 0.05) is 22.3 Å². The van der Waals surface area contributed by atoms with Crippen molar-refractivity contribution in [2.75, 3.05) is 0 Å². The van der Waals surface area contributed by atoms with Gasteiger partial charge in [-0.05, 0) is 91.0 Å². The van der Waals surface area contributed by atoms with Crippen LogP contribution in [0.15, 0.2) is 167 Å². The third-order valence-electron chi connectivity index (χ3n) is 9.42. The van der Waals surface area contributed by atoms with Gasteiger partial charge in [-0.25, -0.2) is 0 Å². The lowest BCUT2D eigenvalue weighted by atomic mass is 9.84. The van der Waals surface area contributed by atoms with Crippen molar-refractivity contribution in [1.82, 2.24) is 20.4 Å². The lowest BCUT2D eigenvalue weighted by molar-refractivity contribution is 0.585. The second kappa shape index (κ2) is 11.4. The third-order valence-corrected chi connectivity index (χ3v) is 9.42. The van der Waals surface area contributed by atoms with Crippen LogP contribution in [0.3, 0.4) is 0 Å². The first kappa shape index (κ1) is 28.1. The average Bonchev–Trinajstić information content (AvgIpc) is 3.89. The molecule has 0 N–H and O–H groups in total. The van der Waals surface area contributed by atoms with Gasteiger partial charge in [-0.1, -0.05) is 121 Å². The van der Waals surface area contributed by atoms with Crippen LogP contribution in [0, 0.1) is 0 Å². The molecule has 0 amide bonds. The van der Waals surface area contributed by atoms with Gasteiger partial charge in [0.1, 0.15) is 0 Å². The number of nitrogens with zero attached hydrogens (tertiary/aromatic N) is 4. The topological polar surface area (TPSA) is 77.8 Å². The summed E-state index contributed by atoms with van der Waals surface area (Å²) < 4.78 is 12.8. The van der Waals surface area contributed by atoms with Crippen LogP contribution in [-0.4, -0.2) is 20.4 Å². The van der Waals surface area contributed by atoms with Crippen molar-refractivity contribution >= 4 is 32.3 Å².